The highest BCUT2D eigenvalue weighted by molar-refractivity contribution is 6.32. The summed E-state index contributed by atoms with van der Waals surface area (Å²) in [4.78, 5) is 4.44. The first kappa shape index (κ1) is 25.6. The van der Waals surface area contributed by atoms with E-state index < -0.39 is 17.7 Å². The summed E-state index contributed by atoms with van der Waals surface area (Å²) in [5, 5.41) is 19.3. The van der Waals surface area contributed by atoms with Gasteiger partial charge in [0, 0.05) is 29.9 Å². The Balaban J connectivity index is 1.42. The highest BCUT2D eigenvalue weighted by atomic mass is 35.5. The first-order valence-electron chi connectivity index (χ1n) is 12.1. The van der Waals surface area contributed by atoms with Crippen LogP contribution in [0.5, 0.6) is 5.75 Å². The Morgan fingerprint density at radius 1 is 1.17 bits per heavy atom. The van der Waals surface area contributed by atoms with Crippen molar-refractivity contribution in [3.63, 3.8) is 0 Å². The van der Waals surface area contributed by atoms with Gasteiger partial charge in [0.2, 0.25) is 0 Å². The molecule has 0 radical (unpaired) electrons. The number of hydrogen-bond donors (Lipinski definition) is 3. The molecule has 0 bridgehead atoms. The normalized spacial score (nSPS) is 16.3. The second kappa shape index (κ2) is 11.5. The standard InChI is InChI=1S/C27H32ClF2N3O2/c1-35-21-4-5-25-23(16-21)22(24(28)17-33-25)3-2-7-27(8-11-31-12-9-27)26(34)6-10-32-20-14-18(29)13-19(30)15-20/h4-5,13-17,26,31-32,34H,2-3,6-12H2,1H3. The van der Waals surface area contributed by atoms with Crippen molar-refractivity contribution in [3.05, 3.63) is 64.8 Å². The number of aliphatic hydroxyl groups excluding tert-OH is 1. The van der Waals surface area contributed by atoms with Crippen molar-refractivity contribution < 1.29 is 18.6 Å². The van der Waals surface area contributed by atoms with Gasteiger partial charge in [-0.3, -0.25) is 4.98 Å². The third-order valence-corrected chi connectivity index (χ3v) is 7.48. The van der Waals surface area contributed by atoms with Crippen LogP contribution < -0.4 is 15.4 Å². The van der Waals surface area contributed by atoms with E-state index in [1.54, 1.807) is 13.3 Å². The summed E-state index contributed by atoms with van der Waals surface area (Å²) in [6.07, 6.45) is 5.91. The fourth-order valence-corrected chi connectivity index (χ4v) is 5.44. The van der Waals surface area contributed by atoms with Crippen molar-refractivity contribution in [2.45, 2.75) is 44.6 Å². The molecule has 1 aliphatic rings. The molecule has 8 heteroatoms. The molecule has 0 aliphatic carbocycles. The summed E-state index contributed by atoms with van der Waals surface area (Å²) in [5.74, 6) is -0.482. The SMILES string of the molecule is COc1ccc2ncc(Cl)c(CCCC3(C(O)CCNc4cc(F)cc(F)c4)CCNCC3)c2c1. The van der Waals surface area contributed by atoms with Gasteiger partial charge in [-0.05, 0) is 92.9 Å². The first-order valence-corrected chi connectivity index (χ1v) is 12.5. The van der Waals surface area contributed by atoms with Crippen molar-refractivity contribution >= 4 is 28.2 Å². The van der Waals surface area contributed by atoms with Gasteiger partial charge in [0.05, 0.1) is 23.8 Å². The van der Waals surface area contributed by atoms with Crippen LogP contribution in [-0.2, 0) is 6.42 Å². The molecule has 0 spiro atoms. The number of aliphatic hydroxyl groups is 1. The minimum atomic E-state index is -0.622. The Labute approximate surface area is 209 Å². The minimum Gasteiger partial charge on any atom is -0.497 e. The number of benzene rings is 2. The maximum Gasteiger partial charge on any atom is 0.128 e. The maximum absolute atomic E-state index is 13.5. The Hall–Kier alpha value is -2.48. The van der Waals surface area contributed by atoms with Crippen molar-refractivity contribution in [1.29, 1.82) is 0 Å². The van der Waals surface area contributed by atoms with Crippen molar-refractivity contribution in [2.24, 2.45) is 5.41 Å². The monoisotopic (exact) mass is 503 g/mol. The van der Waals surface area contributed by atoms with E-state index in [-0.39, 0.29) is 5.41 Å². The second-order valence-corrected chi connectivity index (χ2v) is 9.73. The van der Waals surface area contributed by atoms with E-state index in [2.05, 4.69) is 15.6 Å². The molecule has 1 unspecified atom stereocenters. The summed E-state index contributed by atoms with van der Waals surface area (Å²) < 4.78 is 32.3. The third-order valence-electron chi connectivity index (χ3n) is 7.15. The van der Waals surface area contributed by atoms with E-state index in [1.807, 2.05) is 18.2 Å². The molecule has 1 aromatic heterocycles. The molecule has 2 aromatic carbocycles. The third kappa shape index (κ3) is 6.21. The van der Waals surface area contributed by atoms with Crippen LogP contribution in [0.25, 0.3) is 10.9 Å². The van der Waals surface area contributed by atoms with Crippen LogP contribution in [0.1, 0.15) is 37.7 Å². The van der Waals surface area contributed by atoms with Gasteiger partial charge in [-0.15, -0.1) is 0 Å². The Morgan fingerprint density at radius 2 is 1.91 bits per heavy atom. The molecule has 1 fully saturated rings. The van der Waals surface area contributed by atoms with Gasteiger partial charge in [-0.1, -0.05) is 11.6 Å². The molecule has 4 rings (SSSR count). The predicted octanol–water partition coefficient (Wildman–Crippen LogP) is 5.73. The zero-order valence-electron chi connectivity index (χ0n) is 19.9. The molecule has 0 amide bonds. The number of methoxy groups -OCH3 is 1. The molecule has 3 aromatic rings. The van der Waals surface area contributed by atoms with Gasteiger partial charge in [0.25, 0.3) is 0 Å². The minimum absolute atomic E-state index is 0.215. The number of aromatic nitrogens is 1. The summed E-state index contributed by atoms with van der Waals surface area (Å²) in [6, 6.07) is 9.15. The van der Waals surface area contributed by atoms with Crippen LogP contribution in [0.15, 0.2) is 42.6 Å². The lowest BCUT2D eigenvalue weighted by Gasteiger charge is -2.42. The number of piperidine rings is 1. The zero-order valence-corrected chi connectivity index (χ0v) is 20.7. The highest BCUT2D eigenvalue weighted by Gasteiger charge is 2.38. The van der Waals surface area contributed by atoms with E-state index in [1.165, 1.54) is 12.1 Å². The van der Waals surface area contributed by atoms with Gasteiger partial charge in [0.1, 0.15) is 17.4 Å². The number of ether oxygens (including phenoxy) is 1. The number of nitrogens with one attached hydrogen (secondary N) is 2. The first-order chi connectivity index (χ1) is 16.9. The average molecular weight is 504 g/mol. The Bertz CT molecular complexity index is 1130. The van der Waals surface area contributed by atoms with E-state index in [4.69, 9.17) is 16.3 Å². The number of rotatable bonds is 10. The number of halogens is 3. The van der Waals surface area contributed by atoms with Crippen LogP contribution in [0.2, 0.25) is 5.02 Å². The summed E-state index contributed by atoms with van der Waals surface area (Å²) in [7, 11) is 1.64. The van der Waals surface area contributed by atoms with Crippen molar-refractivity contribution in [1.82, 2.24) is 10.3 Å². The van der Waals surface area contributed by atoms with E-state index in [9.17, 15) is 13.9 Å². The van der Waals surface area contributed by atoms with Gasteiger partial charge in [0.15, 0.2) is 0 Å². The summed E-state index contributed by atoms with van der Waals surface area (Å²) >= 11 is 6.54. The molecular weight excluding hydrogens is 472 g/mol. The molecule has 1 aliphatic heterocycles. The maximum atomic E-state index is 13.5. The smallest absolute Gasteiger partial charge is 0.128 e. The Kier molecular flexibility index (Phi) is 8.42. The topological polar surface area (TPSA) is 66.4 Å². The quantitative estimate of drug-likeness (QED) is 0.329. The molecule has 5 nitrogen and oxygen atoms in total. The molecule has 1 atom stereocenters. The van der Waals surface area contributed by atoms with Gasteiger partial charge >= 0.3 is 0 Å². The molecular formula is C27H32ClF2N3O2. The van der Waals surface area contributed by atoms with E-state index in [0.29, 0.717) is 23.7 Å². The summed E-state index contributed by atoms with van der Waals surface area (Å²) in [6.45, 7) is 2.14. The molecule has 2 heterocycles. The number of hydrogen-bond acceptors (Lipinski definition) is 5. The lowest BCUT2D eigenvalue weighted by atomic mass is 9.69. The number of fused-ring (bicyclic) bond motifs is 1. The van der Waals surface area contributed by atoms with Gasteiger partial charge < -0.3 is 20.5 Å². The van der Waals surface area contributed by atoms with Crippen LogP contribution in [0, 0.1) is 17.0 Å². The molecule has 3 N–H and O–H groups in total. The van der Waals surface area contributed by atoms with Crippen LogP contribution in [0.4, 0.5) is 14.5 Å². The fourth-order valence-electron chi connectivity index (χ4n) is 5.19. The van der Waals surface area contributed by atoms with Crippen LogP contribution >= 0.6 is 11.6 Å². The van der Waals surface area contributed by atoms with E-state index >= 15 is 0 Å². The highest BCUT2D eigenvalue weighted by Crippen LogP contribution is 2.40. The molecule has 35 heavy (non-hydrogen) atoms. The Morgan fingerprint density at radius 3 is 2.63 bits per heavy atom. The van der Waals surface area contributed by atoms with E-state index in [0.717, 1.165) is 73.5 Å². The number of anilines is 1. The lowest BCUT2D eigenvalue weighted by molar-refractivity contribution is -0.00987. The van der Waals surface area contributed by atoms with Crippen molar-refractivity contribution in [2.75, 3.05) is 32.1 Å². The van der Waals surface area contributed by atoms with Gasteiger partial charge in [-0.25, -0.2) is 8.78 Å². The number of aryl methyl sites for hydroxylation is 1. The fraction of sp³-hybridized carbons (Fsp3) is 0.444. The molecule has 0 saturated carbocycles. The predicted molar refractivity (Wildman–Crippen MR) is 136 cm³/mol. The van der Waals surface area contributed by atoms with Gasteiger partial charge in [-0.2, -0.15) is 0 Å². The summed E-state index contributed by atoms with van der Waals surface area (Å²) in [5.41, 5.74) is 2.09. The van der Waals surface area contributed by atoms with Crippen LogP contribution in [-0.4, -0.2) is 42.9 Å². The largest absolute Gasteiger partial charge is 0.497 e. The molecule has 188 valence electrons. The average Bonchev–Trinajstić information content (AvgIpc) is 2.85. The second-order valence-electron chi connectivity index (χ2n) is 9.32. The molecule has 1 saturated heterocycles. The number of pyridine rings is 1. The van der Waals surface area contributed by atoms with Crippen molar-refractivity contribution in [3.8, 4) is 5.75 Å². The lowest BCUT2D eigenvalue weighted by Crippen LogP contribution is -2.45. The zero-order chi connectivity index (χ0) is 24.8. The number of nitrogens with zero attached hydrogens (tertiary/aromatic N) is 1. The van der Waals surface area contributed by atoms with Crippen LogP contribution in [0.3, 0.4) is 0 Å².